The number of hydrogen-bond acceptors (Lipinski definition) is 2. The summed E-state index contributed by atoms with van der Waals surface area (Å²) in [5, 5.41) is 0. The molecule has 0 radical (unpaired) electrons. The van der Waals surface area contributed by atoms with E-state index in [1.807, 2.05) is 12.3 Å². The molecule has 1 aromatic heterocycles. The van der Waals surface area contributed by atoms with E-state index < -0.39 is 0 Å². The number of aromatic nitrogens is 2. The van der Waals surface area contributed by atoms with Crippen molar-refractivity contribution in [3.8, 4) is 0 Å². The molecule has 0 atom stereocenters. The van der Waals surface area contributed by atoms with Crippen molar-refractivity contribution in [1.29, 1.82) is 0 Å². The third-order valence-electron chi connectivity index (χ3n) is 2.67. The van der Waals surface area contributed by atoms with Gasteiger partial charge in [0.2, 0.25) is 0 Å². The molecule has 0 bridgehead atoms. The van der Waals surface area contributed by atoms with Crippen molar-refractivity contribution in [3.05, 3.63) is 28.4 Å². The Morgan fingerprint density at radius 3 is 2.87 bits per heavy atom. The van der Waals surface area contributed by atoms with Crippen LogP contribution in [0, 0.1) is 0 Å². The van der Waals surface area contributed by atoms with Gasteiger partial charge in [0.1, 0.15) is 0 Å². The first-order valence-electron chi connectivity index (χ1n) is 5.44. The zero-order valence-corrected chi connectivity index (χ0v) is 9.41. The lowest BCUT2D eigenvalue weighted by Gasteiger charge is -2.04. The number of aryl methyl sites for hydroxylation is 1. The lowest BCUT2D eigenvalue weighted by Crippen LogP contribution is -2.23. The predicted molar refractivity (Wildman–Crippen MR) is 60.4 cm³/mol. The molecule has 0 unspecified atom stereocenters. The molecular formula is C11H15ClN2O. The van der Waals surface area contributed by atoms with Crippen LogP contribution in [0.25, 0.3) is 0 Å². The number of rotatable bonds is 5. The van der Waals surface area contributed by atoms with Gasteiger partial charge < -0.3 is 0 Å². The molecule has 3 nitrogen and oxygen atoms in total. The smallest absolute Gasteiger partial charge is 0.299 e. The Morgan fingerprint density at radius 1 is 1.47 bits per heavy atom. The van der Waals surface area contributed by atoms with Gasteiger partial charge in [0, 0.05) is 24.5 Å². The molecule has 0 spiro atoms. The molecule has 0 N–H and O–H groups in total. The van der Waals surface area contributed by atoms with Crippen LogP contribution in [0.4, 0.5) is 0 Å². The predicted octanol–water partition coefficient (Wildman–Crippen LogP) is 2.14. The fourth-order valence-electron chi connectivity index (χ4n) is 1.60. The summed E-state index contributed by atoms with van der Waals surface area (Å²) in [5.74, 6) is 1.21. The fourth-order valence-corrected chi connectivity index (χ4v) is 1.78. The Balaban J connectivity index is 2.02. The van der Waals surface area contributed by atoms with E-state index in [1.54, 1.807) is 4.57 Å². The molecule has 1 heterocycles. The van der Waals surface area contributed by atoms with Crippen molar-refractivity contribution in [3.63, 3.8) is 0 Å². The Bertz CT molecular complexity index is 384. The zero-order chi connectivity index (χ0) is 10.7. The Morgan fingerprint density at radius 2 is 2.27 bits per heavy atom. The van der Waals surface area contributed by atoms with Gasteiger partial charge in [-0.1, -0.05) is 0 Å². The van der Waals surface area contributed by atoms with Crippen LogP contribution in [0.15, 0.2) is 17.1 Å². The summed E-state index contributed by atoms with van der Waals surface area (Å²) >= 11 is 5.58. The van der Waals surface area contributed by atoms with Gasteiger partial charge in [0.15, 0.2) is 0 Å². The molecule has 1 aliphatic rings. The van der Waals surface area contributed by atoms with Crippen molar-refractivity contribution in [2.45, 2.75) is 38.1 Å². The lowest BCUT2D eigenvalue weighted by molar-refractivity contribution is 0.596. The second-order valence-corrected chi connectivity index (χ2v) is 4.38. The maximum absolute atomic E-state index is 11.6. The largest absolute Gasteiger partial charge is 0.347 e. The average molecular weight is 227 g/mol. The lowest BCUT2D eigenvalue weighted by atomic mass is 10.3. The van der Waals surface area contributed by atoms with Gasteiger partial charge >= 0.3 is 5.69 Å². The molecule has 0 aliphatic heterocycles. The summed E-state index contributed by atoms with van der Waals surface area (Å²) in [4.78, 5) is 15.7. The minimum Gasteiger partial charge on any atom is -0.299 e. The van der Waals surface area contributed by atoms with E-state index in [2.05, 4.69) is 4.98 Å². The second-order valence-electron chi connectivity index (χ2n) is 4.00. The number of halogens is 1. The molecule has 2 rings (SSSR count). The van der Waals surface area contributed by atoms with E-state index in [9.17, 15) is 4.79 Å². The highest BCUT2D eigenvalue weighted by molar-refractivity contribution is 6.17. The van der Waals surface area contributed by atoms with Gasteiger partial charge in [-0.2, -0.15) is 4.98 Å². The van der Waals surface area contributed by atoms with Crippen LogP contribution in [0.1, 0.15) is 37.3 Å². The summed E-state index contributed by atoms with van der Waals surface area (Å²) in [6, 6.07) is 1.97. The minimum atomic E-state index is -0.117. The second kappa shape index (κ2) is 4.79. The van der Waals surface area contributed by atoms with Gasteiger partial charge in [-0.05, 0) is 31.7 Å². The molecule has 4 heteroatoms. The fraction of sp³-hybridized carbons (Fsp3) is 0.636. The van der Waals surface area contributed by atoms with E-state index >= 15 is 0 Å². The zero-order valence-electron chi connectivity index (χ0n) is 8.66. The van der Waals surface area contributed by atoms with Crippen LogP contribution in [-0.4, -0.2) is 15.4 Å². The number of hydrogen-bond donors (Lipinski definition) is 0. The van der Waals surface area contributed by atoms with Gasteiger partial charge in [-0.25, -0.2) is 4.79 Å². The summed E-state index contributed by atoms with van der Waals surface area (Å²) in [5.41, 5.74) is 0.850. The van der Waals surface area contributed by atoms with Crippen molar-refractivity contribution in [2.75, 3.05) is 5.88 Å². The molecule has 1 saturated carbocycles. The van der Waals surface area contributed by atoms with E-state index in [1.165, 1.54) is 12.8 Å². The molecule has 0 aromatic carbocycles. The minimum absolute atomic E-state index is 0.117. The van der Waals surface area contributed by atoms with Gasteiger partial charge in [0.25, 0.3) is 0 Å². The highest BCUT2D eigenvalue weighted by Crippen LogP contribution is 2.38. The summed E-state index contributed by atoms with van der Waals surface area (Å²) < 4.78 is 1.67. The third-order valence-corrected chi connectivity index (χ3v) is 2.94. The molecule has 15 heavy (non-hydrogen) atoms. The van der Waals surface area contributed by atoms with Crippen LogP contribution in [0.5, 0.6) is 0 Å². The molecule has 1 aromatic rings. The van der Waals surface area contributed by atoms with Crippen LogP contribution < -0.4 is 5.69 Å². The molecular weight excluding hydrogens is 212 g/mol. The van der Waals surface area contributed by atoms with Gasteiger partial charge in [-0.15, -0.1) is 11.6 Å². The van der Waals surface area contributed by atoms with Gasteiger partial charge in [0.05, 0.1) is 5.69 Å². The van der Waals surface area contributed by atoms with Crippen molar-refractivity contribution >= 4 is 11.6 Å². The third kappa shape index (κ3) is 2.81. The molecule has 0 saturated heterocycles. The standard InChI is InChI=1S/C11H15ClN2O/c12-6-1-2-7-14-8-5-10(9-3-4-9)13-11(14)15/h5,8-9H,1-4,6-7H2. The maximum atomic E-state index is 11.6. The summed E-state index contributed by atoms with van der Waals surface area (Å²) in [6.45, 7) is 0.726. The highest BCUT2D eigenvalue weighted by atomic mass is 35.5. The first-order valence-corrected chi connectivity index (χ1v) is 5.98. The van der Waals surface area contributed by atoms with Gasteiger partial charge in [-0.3, -0.25) is 4.57 Å². The topological polar surface area (TPSA) is 34.9 Å². The van der Waals surface area contributed by atoms with E-state index in [4.69, 9.17) is 11.6 Å². The van der Waals surface area contributed by atoms with Crippen LogP contribution in [-0.2, 0) is 6.54 Å². The number of nitrogens with zero attached hydrogens (tertiary/aromatic N) is 2. The first-order chi connectivity index (χ1) is 7.31. The molecule has 82 valence electrons. The summed E-state index contributed by atoms with van der Waals surface area (Å²) in [7, 11) is 0. The van der Waals surface area contributed by atoms with E-state index in [-0.39, 0.29) is 5.69 Å². The van der Waals surface area contributed by atoms with Crippen LogP contribution >= 0.6 is 11.6 Å². The number of unbranched alkanes of at least 4 members (excludes halogenated alkanes) is 1. The van der Waals surface area contributed by atoms with Crippen molar-refractivity contribution in [2.24, 2.45) is 0 Å². The van der Waals surface area contributed by atoms with Crippen LogP contribution in [0.3, 0.4) is 0 Å². The Labute approximate surface area is 94.1 Å². The van der Waals surface area contributed by atoms with Crippen molar-refractivity contribution in [1.82, 2.24) is 9.55 Å². The van der Waals surface area contributed by atoms with Crippen LogP contribution in [0.2, 0.25) is 0 Å². The molecule has 0 amide bonds. The SMILES string of the molecule is O=c1nc(C2CC2)ccn1CCCCCl. The average Bonchev–Trinajstić information content (AvgIpc) is 3.04. The number of alkyl halides is 1. The molecule has 1 aliphatic carbocycles. The Kier molecular flexibility index (Phi) is 3.41. The Hall–Kier alpha value is -0.830. The normalized spacial score (nSPS) is 15.5. The highest BCUT2D eigenvalue weighted by Gasteiger charge is 2.25. The van der Waals surface area contributed by atoms with E-state index in [0.29, 0.717) is 11.8 Å². The maximum Gasteiger partial charge on any atom is 0.347 e. The summed E-state index contributed by atoms with van der Waals surface area (Å²) in [6.07, 6.45) is 6.11. The first kappa shape index (κ1) is 10.7. The monoisotopic (exact) mass is 226 g/mol. The quantitative estimate of drug-likeness (QED) is 0.570. The van der Waals surface area contributed by atoms with E-state index in [0.717, 1.165) is 25.1 Å². The molecule has 1 fully saturated rings. The van der Waals surface area contributed by atoms with Crippen molar-refractivity contribution < 1.29 is 0 Å².